The normalized spacial score (nSPS) is 13.9. The van der Waals surface area contributed by atoms with Gasteiger partial charge in [0.25, 0.3) is 0 Å². The van der Waals surface area contributed by atoms with Gasteiger partial charge in [0.1, 0.15) is 0 Å². The van der Waals surface area contributed by atoms with Crippen LogP contribution in [0.15, 0.2) is 121 Å². The molecule has 4 aromatic rings. The molecule has 0 bridgehead atoms. The predicted octanol–water partition coefficient (Wildman–Crippen LogP) is 8.68. The highest BCUT2D eigenvalue weighted by molar-refractivity contribution is 6.84. The largest absolute Gasteiger partial charge is 0.493 e. The number of hydrogen-bond donors (Lipinski definition) is 4. The first-order chi connectivity index (χ1) is 28.8. The zero-order valence-corrected chi connectivity index (χ0v) is 39.7. The molecule has 0 aliphatic rings. The molecule has 0 saturated carbocycles. The van der Waals surface area contributed by atoms with Gasteiger partial charge in [0.2, 0.25) is 0 Å². The van der Waals surface area contributed by atoms with Gasteiger partial charge < -0.3 is 60.2 Å². The zero-order chi connectivity index (χ0) is 42.1. The first-order valence-corrected chi connectivity index (χ1v) is 28.1. The average molecular weight is 883 g/mol. The molecule has 2 atom stereocenters. The lowest BCUT2D eigenvalue weighted by Gasteiger charge is -2.43. The number of anilines is 4. The summed E-state index contributed by atoms with van der Waals surface area (Å²) in [4.78, 5) is 0. The zero-order valence-electron chi connectivity index (χ0n) is 35.7. The third-order valence-electron chi connectivity index (χ3n) is 9.85. The van der Waals surface area contributed by atoms with Gasteiger partial charge in [-0.2, -0.15) is 0 Å². The Kier molecular flexibility index (Phi) is 21.3. The lowest BCUT2D eigenvalue weighted by molar-refractivity contribution is 0.0609. The van der Waals surface area contributed by atoms with E-state index in [-0.39, 0.29) is 0 Å². The first kappa shape index (κ1) is 48.3. The van der Waals surface area contributed by atoms with Crippen LogP contribution < -0.4 is 21.3 Å². The molecule has 4 N–H and O–H groups in total. The number of rotatable bonds is 32. The van der Waals surface area contributed by atoms with Crippen LogP contribution in [0.2, 0.25) is 24.2 Å². The molecule has 4 rings (SSSR count). The van der Waals surface area contributed by atoms with Crippen molar-refractivity contribution in [3.8, 4) is 0 Å². The molecule has 0 spiro atoms. The second-order valence-electron chi connectivity index (χ2n) is 13.8. The number of para-hydroxylation sites is 4. The molecule has 0 aromatic heterocycles. The summed E-state index contributed by atoms with van der Waals surface area (Å²) >= 11 is 0. The van der Waals surface area contributed by atoms with Crippen molar-refractivity contribution >= 4 is 58.0 Å². The molecule has 13 nitrogen and oxygen atoms in total. The molecule has 0 fully saturated rings. The van der Waals surface area contributed by atoms with Crippen LogP contribution in [0.3, 0.4) is 0 Å². The Morgan fingerprint density at radius 1 is 0.305 bits per heavy atom. The Hall–Kier alpha value is -3.41. The summed E-state index contributed by atoms with van der Waals surface area (Å²) in [7, 11) is -4.50. The summed E-state index contributed by atoms with van der Waals surface area (Å²) < 4.78 is 59.5. The Labute approximate surface area is 356 Å². The Balaban J connectivity index is 1.62. The minimum Gasteiger partial charge on any atom is -0.385 e. The smallest absolute Gasteiger partial charge is 0.385 e. The van der Waals surface area contributed by atoms with Gasteiger partial charge >= 0.3 is 35.2 Å². The SMILES string of the molecule is CO[Si](CCCNc1ccccc1)(OC)O[Si](CCCNc1ccccc1)(OC)O[Si](CCCNc1ccccc1)(OC)O[Si](CCCNc1ccccc1)(OC)OC. The molecule has 0 amide bonds. The van der Waals surface area contributed by atoms with E-state index in [1.165, 1.54) is 0 Å². The van der Waals surface area contributed by atoms with Gasteiger partial charge in [0, 0.05) is 116 Å². The van der Waals surface area contributed by atoms with Crippen molar-refractivity contribution in [1.29, 1.82) is 0 Å². The number of benzene rings is 4. The fourth-order valence-corrected chi connectivity index (χ4v) is 22.4. The summed E-state index contributed by atoms with van der Waals surface area (Å²) in [6.07, 6.45) is 2.77. The highest BCUT2D eigenvalue weighted by Crippen LogP contribution is 2.35. The van der Waals surface area contributed by atoms with E-state index in [1.807, 2.05) is 121 Å². The van der Waals surface area contributed by atoms with E-state index in [9.17, 15) is 0 Å². The van der Waals surface area contributed by atoms with Crippen LogP contribution in [-0.4, -0.2) is 104 Å². The van der Waals surface area contributed by atoms with E-state index in [2.05, 4.69) is 21.3 Å². The highest BCUT2D eigenvalue weighted by atomic mass is 28.5. The van der Waals surface area contributed by atoms with E-state index in [0.29, 0.717) is 63.2 Å². The van der Waals surface area contributed by atoms with Crippen molar-refractivity contribution in [3.63, 3.8) is 0 Å². The summed E-state index contributed by atoms with van der Waals surface area (Å²) in [5.41, 5.74) is 4.13. The molecule has 0 saturated heterocycles. The van der Waals surface area contributed by atoms with Crippen molar-refractivity contribution in [2.75, 3.05) is 90.1 Å². The minimum atomic E-state index is -3.76. The van der Waals surface area contributed by atoms with Crippen LogP contribution in [0.1, 0.15) is 25.7 Å². The van der Waals surface area contributed by atoms with Crippen molar-refractivity contribution in [3.05, 3.63) is 121 Å². The van der Waals surface area contributed by atoms with Crippen LogP contribution >= 0.6 is 0 Å². The maximum atomic E-state index is 7.35. The summed E-state index contributed by atoms with van der Waals surface area (Å²) in [5, 5.41) is 14.0. The highest BCUT2D eigenvalue weighted by Gasteiger charge is 2.61. The molecule has 4 aromatic carbocycles. The van der Waals surface area contributed by atoms with Gasteiger partial charge in [-0.15, -0.1) is 0 Å². The quantitative estimate of drug-likeness (QED) is 0.0276. The maximum absolute atomic E-state index is 7.35. The predicted molar refractivity (Wildman–Crippen MR) is 246 cm³/mol. The molecular weight excluding hydrogens is 817 g/mol. The first-order valence-electron chi connectivity index (χ1n) is 20.4. The van der Waals surface area contributed by atoms with Crippen molar-refractivity contribution < 1.29 is 38.9 Å². The molecule has 59 heavy (non-hydrogen) atoms. The van der Waals surface area contributed by atoms with Gasteiger partial charge in [0.05, 0.1) is 0 Å². The summed E-state index contributed by atoms with van der Waals surface area (Å²) in [5.74, 6) is 0. The topological polar surface area (TPSA) is 131 Å². The number of nitrogens with one attached hydrogen (secondary N) is 4. The number of hydrogen-bond acceptors (Lipinski definition) is 13. The second-order valence-corrected chi connectivity index (χ2v) is 26.2. The molecule has 0 aliphatic heterocycles. The van der Waals surface area contributed by atoms with Crippen molar-refractivity contribution in [2.24, 2.45) is 0 Å². The monoisotopic (exact) mass is 882 g/mol. The molecule has 2 unspecified atom stereocenters. The van der Waals surface area contributed by atoms with Crippen LogP contribution in [0.5, 0.6) is 0 Å². The maximum Gasteiger partial charge on any atom is 0.493 e. The van der Waals surface area contributed by atoms with E-state index >= 15 is 0 Å². The second kappa shape index (κ2) is 26.0. The molecule has 0 heterocycles. The van der Waals surface area contributed by atoms with E-state index < -0.39 is 35.2 Å². The third-order valence-corrected chi connectivity index (χ3v) is 24.9. The van der Waals surface area contributed by atoms with Crippen molar-refractivity contribution in [1.82, 2.24) is 0 Å². The lowest BCUT2D eigenvalue weighted by atomic mass is 10.3. The van der Waals surface area contributed by atoms with Gasteiger partial charge in [-0.1, -0.05) is 72.8 Å². The van der Waals surface area contributed by atoms with Crippen LogP contribution in [0.4, 0.5) is 22.7 Å². The Morgan fingerprint density at radius 3 is 0.729 bits per heavy atom. The summed E-state index contributed by atoms with van der Waals surface area (Å²) in [6.45, 7) is 2.69. The third kappa shape index (κ3) is 16.2. The average Bonchev–Trinajstić information content (AvgIpc) is 3.30. The molecule has 0 aliphatic carbocycles. The standard InChI is InChI=1S/C42H66N4O9Si4/c1-47-56(48-2,35-19-31-43-39-23-11-7-12-24-39)53-58(51-5,37-21-33-45-41-27-15-9-16-28-41)55-59(52-6,38-22-34-46-42-29-17-10-18-30-42)54-57(49-3,50-4)36-20-32-44-40-25-13-8-14-26-40/h7-18,23-30,43-46H,19-22,31-38H2,1-6H3. The van der Waals surface area contributed by atoms with Crippen molar-refractivity contribution in [2.45, 2.75) is 49.9 Å². The molecule has 17 heteroatoms. The molecule has 324 valence electrons. The van der Waals surface area contributed by atoms with E-state index in [1.54, 1.807) is 42.7 Å². The molecule has 0 radical (unpaired) electrons. The fraction of sp³-hybridized carbons (Fsp3) is 0.429. The van der Waals surface area contributed by atoms with Gasteiger partial charge in [0.15, 0.2) is 0 Å². The Bertz CT molecular complexity index is 1550. The van der Waals surface area contributed by atoms with E-state index in [0.717, 1.165) is 35.6 Å². The Morgan fingerprint density at radius 2 is 0.508 bits per heavy atom. The van der Waals surface area contributed by atoms with Gasteiger partial charge in [-0.3, -0.25) is 0 Å². The van der Waals surface area contributed by atoms with Gasteiger partial charge in [-0.25, -0.2) is 0 Å². The van der Waals surface area contributed by atoms with E-state index in [4.69, 9.17) is 38.9 Å². The van der Waals surface area contributed by atoms with Crippen LogP contribution in [-0.2, 0) is 38.9 Å². The van der Waals surface area contributed by atoms with Crippen LogP contribution in [0.25, 0.3) is 0 Å². The fourth-order valence-electron chi connectivity index (χ4n) is 6.55. The van der Waals surface area contributed by atoms with Crippen LogP contribution in [0, 0.1) is 0 Å². The molecular formula is C42H66N4O9Si4. The van der Waals surface area contributed by atoms with Gasteiger partial charge in [-0.05, 0) is 74.2 Å². The summed E-state index contributed by atoms with van der Waals surface area (Å²) in [6, 6.07) is 42.3. The lowest BCUT2D eigenvalue weighted by Crippen LogP contribution is -2.66. The minimum absolute atomic E-state index is 0.437.